The summed E-state index contributed by atoms with van der Waals surface area (Å²) in [7, 11) is 0. The Morgan fingerprint density at radius 1 is 1.28 bits per heavy atom. The predicted octanol–water partition coefficient (Wildman–Crippen LogP) is 1.55. The zero-order chi connectivity index (χ0) is 17.4. The first kappa shape index (κ1) is 16.3. The fourth-order valence-corrected chi connectivity index (χ4v) is 4.27. The van der Waals surface area contributed by atoms with Crippen LogP contribution in [0.5, 0.6) is 0 Å². The van der Waals surface area contributed by atoms with Gasteiger partial charge in [-0.1, -0.05) is 31.0 Å². The van der Waals surface area contributed by atoms with E-state index in [1.54, 1.807) is 17.2 Å². The summed E-state index contributed by atoms with van der Waals surface area (Å²) in [6.45, 7) is 1.08. The van der Waals surface area contributed by atoms with E-state index in [2.05, 4.69) is 5.10 Å². The van der Waals surface area contributed by atoms with Gasteiger partial charge in [0.15, 0.2) is 0 Å². The highest BCUT2D eigenvalue weighted by Crippen LogP contribution is 2.39. The number of likely N-dealkylation sites (tertiary alicyclic amines) is 1. The molecule has 25 heavy (non-hydrogen) atoms. The van der Waals surface area contributed by atoms with Crippen LogP contribution < -0.4 is 5.56 Å². The van der Waals surface area contributed by atoms with Gasteiger partial charge in [0.25, 0.3) is 5.56 Å². The maximum absolute atomic E-state index is 12.7. The van der Waals surface area contributed by atoms with E-state index in [0.29, 0.717) is 24.9 Å². The molecule has 6 nitrogen and oxygen atoms in total. The highest BCUT2D eigenvalue weighted by molar-refractivity contribution is 5.81. The molecule has 1 saturated heterocycles. The summed E-state index contributed by atoms with van der Waals surface area (Å²) in [5, 5.41) is 16.2. The molecule has 1 aliphatic heterocycles. The van der Waals surface area contributed by atoms with Gasteiger partial charge in [-0.2, -0.15) is 5.10 Å². The second-order valence-electron chi connectivity index (χ2n) is 7.33. The molecule has 132 valence electrons. The van der Waals surface area contributed by atoms with Crippen LogP contribution in [0.3, 0.4) is 0 Å². The summed E-state index contributed by atoms with van der Waals surface area (Å²) >= 11 is 0. The lowest BCUT2D eigenvalue weighted by Crippen LogP contribution is -2.55. The Kier molecular flexibility index (Phi) is 4.07. The quantitative estimate of drug-likeness (QED) is 0.899. The lowest BCUT2D eigenvalue weighted by Gasteiger charge is -2.47. The number of aromatic nitrogens is 2. The lowest BCUT2D eigenvalue weighted by molar-refractivity contribution is -0.144. The Morgan fingerprint density at radius 3 is 3.00 bits per heavy atom. The molecular formula is C19H23N3O3. The fourth-order valence-electron chi connectivity index (χ4n) is 4.27. The Balaban J connectivity index is 1.51. The SMILES string of the molecule is O=C(Cn1ncc2ccccc2c1=O)N1CCC2(O)CCCCC2C1. The standard InChI is InChI=1S/C19H23N3O3/c23-17(21-10-9-19(25)8-4-3-6-15(19)12-21)13-22-18(24)16-7-2-1-5-14(16)11-20-22/h1-2,5,7,11,15,25H,3-4,6,8-10,12-13H2. The molecule has 1 saturated carbocycles. The largest absolute Gasteiger partial charge is 0.389 e. The molecule has 2 aromatic rings. The van der Waals surface area contributed by atoms with Gasteiger partial charge in [0.2, 0.25) is 5.91 Å². The number of hydrogen-bond acceptors (Lipinski definition) is 4. The summed E-state index contributed by atoms with van der Waals surface area (Å²) in [6.07, 6.45) is 6.24. The highest BCUT2D eigenvalue weighted by atomic mass is 16.3. The number of piperidine rings is 1. The van der Waals surface area contributed by atoms with Crippen LogP contribution in [0.2, 0.25) is 0 Å². The van der Waals surface area contributed by atoms with Gasteiger partial charge in [0, 0.05) is 24.4 Å². The molecule has 1 N–H and O–H groups in total. The molecule has 1 aromatic heterocycles. The highest BCUT2D eigenvalue weighted by Gasteiger charge is 2.43. The minimum Gasteiger partial charge on any atom is -0.389 e. The van der Waals surface area contributed by atoms with Crippen LogP contribution in [0, 0.1) is 5.92 Å². The maximum atomic E-state index is 12.7. The van der Waals surface area contributed by atoms with Crippen LogP contribution in [0.1, 0.15) is 32.1 Å². The molecule has 2 atom stereocenters. The minimum absolute atomic E-state index is 0.0468. The summed E-state index contributed by atoms with van der Waals surface area (Å²) in [6, 6.07) is 7.26. The third-order valence-electron chi connectivity index (χ3n) is 5.83. The minimum atomic E-state index is -0.604. The van der Waals surface area contributed by atoms with Crippen molar-refractivity contribution in [2.24, 2.45) is 5.92 Å². The molecule has 1 amide bonds. The first-order valence-electron chi connectivity index (χ1n) is 9.02. The average molecular weight is 341 g/mol. The van der Waals surface area contributed by atoms with E-state index in [9.17, 15) is 14.7 Å². The van der Waals surface area contributed by atoms with Crippen molar-refractivity contribution in [3.8, 4) is 0 Å². The molecular weight excluding hydrogens is 318 g/mol. The zero-order valence-corrected chi connectivity index (χ0v) is 14.2. The third-order valence-corrected chi connectivity index (χ3v) is 5.83. The number of hydrogen-bond donors (Lipinski definition) is 1. The van der Waals surface area contributed by atoms with Gasteiger partial charge in [0.1, 0.15) is 6.54 Å². The van der Waals surface area contributed by atoms with E-state index >= 15 is 0 Å². The second-order valence-corrected chi connectivity index (χ2v) is 7.33. The van der Waals surface area contributed by atoms with Crippen molar-refractivity contribution < 1.29 is 9.90 Å². The molecule has 6 heteroatoms. The molecule has 2 fully saturated rings. The van der Waals surface area contributed by atoms with Crippen LogP contribution in [-0.4, -0.2) is 44.4 Å². The van der Waals surface area contributed by atoms with Gasteiger partial charge in [-0.05, 0) is 25.3 Å². The number of carbonyl (C=O) groups is 1. The molecule has 0 radical (unpaired) electrons. The number of rotatable bonds is 2. The fraction of sp³-hybridized carbons (Fsp3) is 0.526. The monoisotopic (exact) mass is 341 g/mol. The summed E-state index contributed by atoms with van der Waals surface area (Å²) < 4.78 is 1.24. The van der Waals surface area contributed by atoms with Crippen molar-refractivity contribution in [1.82, 2.24) is 14.7 Å². The van der Waals surface area contributed by atoms with E-state index in [0.717, 1.165) is 31.1 Å². The van der Waals surface area contributed by atoms with Crippen molar-refractivity contribution in [3.63, 3.8) is 0 Å². The number of aliphatic hydroxyl groups is 1. The van der Waals surface area contributed by atoms with Crippen LogP contribution in [-0.2, 0) is 11.3 Å². The Hall–Kier alpha value is -2.21. The number of amides is 1. The van der Waals surface area contributed by atoms with E-state index in [-0.39, 0.29) is 23.9 Å². The number of nitrogens with zero attached hydrogens (tertiary/aromatic N) is 3. The first-order chi connectivity index (χ1) is 12.1. The topological polar surface area (TPSA) is 75.4 Å². The average Bonchev–Trinajstić information content (AvgIpc) is 2.63. The summed E-state index contributed by atoms with van der Waals surface area (Å²) in [5.41, 5.74) is -0.842. The molecule has 0 spiro atoms. The van der Waals surface area contributed by atoms with Crippen molar-refractivity contribution in [2.45, 2.75) is 44.2 Å². The van der Waals surface area contributed by atoms with Gasteiger partial charge in [-0.25, -0.2) is 4.68 Å². The Morgan fingerprint density at radius 2 is 2.12 bits per heavy atom. The number of benzene rings is 1. The van der Waals surface area contributed by atoms with E-state index in [4.69, 9.17) is 0 Å². The van der Waals surface area contributed by atoms with Gasteiger partial charge < -0.3 is 10.0 Å². The zero-order valence-electron chi connectivity index (χ0n) is 14.2. The van der Waals surface area contributed by atoms with Crippen LogP contribution >= 0.6 is 0 Å². The molecule has 1 aromatic carbocycles. The predicted molar refractivity (Wildman–Crippen MR) is 94.1 cm³/mol. The van der Waals surface area contributed by atoms with Crippen LogP contribution in [0.25, 0.3) is 10.8 Å². The molecule has 2 aliphatic rings. The molecule has 4 rings (SSSR count). The molecule has 2 unspecified atom stereocenters. The smallest absolute Gasteiger partial charge is 0.275 e. The lowest BCUT2D eigenvalue weighted by atomic mass is 9.71. The molecule has 0 bridgehead atoms. The summed E-state index contributed by atoms with van der Waals surface area (Å²) in [5.74, 6) is 0.0535. The van der Waals surface area contributed by atoms with E-state index in [1.807, 2.05) is 18.2 Å². The first-order valence-corrected chi connectivity index (χ1v) is 9.02. The van der Waals surface area contributed by atoms with Gasteiger partial charge >= 0.3 is 0 Å². The third kappa shape index (κ3) is 2.95. The number of carbonyl (C=O) groups excluding carboxylic acids is 1. The van der Waals surface area contributed by atoms with Crippen molar-refractivity contribution in [1.29, 1.82) is 0 Å². The van der Waals surface area contributed by atoms with Gasteiger partial charge in [0.05, 0.1) is 17.2 Å². The Bertz CT molecular complexity index is 862. The van der Waals surface area contributed by atoms with Crippen LogP contribution in [0.4, 0.5) is 0 Å². The normalized spacial score (nSPS) is 26.4. The van der Waals surface area contributed by atoms with Crippen molar-refractivity contribution in [3.05, 3.63) is 40.8 Å². The Labute approximate surface area is 146 Å². The van der Waals surface area contributed by atoms with Crippen LogP contribution in [0.15, 0.2) is 35.3 Å². The maximum Gasteiger partial charge on any atom is 0.275 e. The number of fused-ring (bicyclic) bond motifs is 2. The van der Waals surface area contributed by atoms with E-state index < -0.39 is 5.60 Å². The van der Waals surface area contributed by atoms with Crippen molar-refractivity contribution in [2.75, 3.05) is 13.1 Å². The molecule has 1 aliphatic carbocycles. The van der Waals surface area contributed by atoms with Gasteiger partial charge in [-0.15, -0.1) is 0 Å². The van der Waals surface area contributed by atoms with Crippen molar-refractivity contribution >= 4 is 16.7 Å². The second kappa shape index (κ2) is 6.26. The van der Waals surface area contributed by atoms with E-state index in [1.165, 1.54) is 4.68 Å². The molecule has 2 heterocycles. The summed E-state index contributed by atoms with van der Waals surface area (Å²) in [4.78, 5) is 27.0. The van der Waals surface area contributed by atoms with Gasteiger partial charge in [-0.3, -0.25) is 9.59 Å².